The molecule has 0 saturated heterocycles. The maximum Gasteiger partial charge on any atom is 0.103 e. The second kappa shape index (κ2) is 5.94. The summed E-state index contributed by atoms with van der Waals surface area (Å²) in [5, 5.41) is 0. The van der Waals surface area contributed by atoms with Gasteiger partial charge in [0, 0.05) is 18.0 Å². The monoisotopic (exact) mass is 204 g/mol. The summed E-state index contributed by atoms with van der Waals surface area (Å²) in [4.78, 5) is 3.32. The number of nitrogens with two attached hydrogens (primary N) is 1. The topological polar surface area (TPSA) is 41.8 Å². The van der Waals surface area contributed by atoms with Crippen LogP contribution in [0.3, 0.4) is 0 Å². The lowest BCUT2D eigenvalue weighted by Crippen LogP contribution is -2.08. The van der Waals surface area contributed by atoms with E-state index in [1.807, 2.05) is 54.9 Å². The highest BCUT2D eigenvalue weighted by Crippen LogP contribution is 1.96. The third-order valence-corrected chi connectivity index (χ3v) is 1.79. The molecule has 2 nitrogen and oxygen atoms in total. The Morgan fingerprint density at radius 2 is 1.57 bits per heavy atom. The summed E-state index contributed by atoms with van der Waals surface area (Å²) < 4.78 is 0. The van der Waals surface area contributed by atoms with Gasteiger partial charge >= 0.3 is 0 Å². The predicted molar refractivity (Wildman–Crippen MR) is 63.1 cm³/mol. The fourth-order valence-electron chi connectivity index (χ4n) is 0.880. The molecule has 0 aliphatic rings. The van der Waals surface area contributed by atoms with Crippen molar-refractivity contribution in [2.45, 2.75) is 0 Å². The van der Waals surface area contributed by atoms with Crippen LogP contribution in [-0.2, 0) is 0 Å². The first kappa shape index (κ1) is 10.5. The first-order valence-corrected chi connectivity index (χ1v) is 4.64. The molecule has 0 spiro atoms. The van der Waals surface area contributed by atoms with Crippen LogP contribution < -0.4 is 5.73 Å². The van der Waals surface area contributed by atoms with Crippen molar-refractivity contribution in [2.24, 2.45) is 5.73 Å². The highest BCUT2D eigenvalue weighted by atomic mass is 32.1. The van der Waals surface area contributed by atoms with E-state index in [0.717, 1.165) is 5.56 Å². The molecule has 72 valence electrons. The van der Waals surface area contributed by atoms with E-state index in [1.165, 1.54) is 0 Å². The lowest BCUT2D eigenvalue weighted by Gasteiger charge is -1.92. The summed E-state index contributed by atoms with van der Waals surface area (Å²) in [7, 11) is 0. The van der Waals surface area contributed by atoms with Crippen LogP contribution in [0.4, 0.5) is 0 Å². The largest absolute Gasteiger partial charge is 0.389 e. The summed E-state index contributed by atoms with van der Waals surface area (Å²) in [5.41, 5.74) is 6.27. The van der Waals surface area contributed by atoms with Crippen molar-refractivity contribution in [3.8, 4) is 0 Å². The Balaban J connectivity index is 0.000000165. The standard InChI is InChI=1S/C7H7NS.C4H5N/c8-7(9)6-4-2-1-3-5-6;1-2-4-5-3-1/h1-5H,(H2,8,9);1-5H. The summed E-state index contributed by atoms with van der Waals surface area (Å²) in [6, 6.07) is 13.4. The fourth-order valence-corrected chi connectivity index (χ4v) is 1.02. The first-order valence-electron chi connectivity index (χ1n) is 4.23. The Bertz CT molecular complexity index is 337. The van der Waals surface area contributed by atoms with Crippen molar-refractivity contribution in [1.82, 2.24) is 4.98 Å². The Labute approximate surface area is 88.8 Å². The SMILES string of the molecule is NC(=S)c1ccccc1.c1cc[nH]c1. The number of aromatic amines is 1. The van der Waals surface area contributed by atoms with Crippen LogP contribution in [0, 0.1) is 0 Å². The average molecular weight is 204 g/mol. The van der Waals surface area contributed by atoms with Gasteiger partial charge in [0.1, 0.15) is 4.99 Å². The molecule has 2 aromatic rings. The Kier molecular flexibility index (Phi) is 4.44. The molecule has 14 heavy (non-hydrogen) atoms. The molecule has 0 atom stereocenters. The molecule has 2 rings (SSSR count). The van der Waals surface area contributed by atoms with E-state index in [0.29, 0.717) is 4.99 Å². The van der Waals surface area contributed by atoms with Crippen LogP contribution in [0.25, 0.3) is 0 Å². The molecule has 3 heteroatoms. The fraction of sp³-hybridized carbons (Fsp3) is 0. The molecule has 0 unspecified atom stereocenters. The van der Waals surface area contributed by atoms with Gasteiger partial charge in [-0.15, -0.1) is 0 Å². The predicted octanol–water partition coefficient (Wildman–Crippen LogP) is 2.34. The molecule has 3 N–H and O–H groups in total. The molecule has 0 radical (unpaired) electrons. The molecule has 0 aliphatic carbocycles. The molecule has 0 saturated carbocycles. The van der Waals surface area contributed by atoms with Gasteiger partial charge in [-0.05, 0) is 12.1 Å². The highest BCUT2D eigenvalue weighted by molar-refractivity contribution is 7.80. The molecule has 1 aromatic heterocycles. The van der Waals surface area contributed by atoms with Gasteiger partial charge in [0.2, 0.25) is 0 Å². The van der Waals surface area contributed by atoms with Crippen LogP contribution >= 0.6 is 12.2 Å². The van der Waals surface area contributed by atoms with Gasteiger partial charge in [-0.25, -0.2) is 0 Å². The molecule has 1 aromatic carbocycles. The average Bonchev–Trinajstić information content (AvgIpc) is 2.77. The lowest BCUT2D eigenvalue weighted by atomic mass is 10.2. The minimum absolute atomic E-state index is 0.454. The van der Waals surface area contributed by atoms with Crippen molar-refractivity contribution in [3.63, 3.8) is 0 Å². The number of benzene rings is 1. The van der Waals surface area contributed by atoms with Crippen molar-refractivity contribution in [2.75, 3.05) is 0 Å². The third-order valence-electron chi connectivity index (χ3n) is 1.55. The molecule has 0 bridgehead atoms. The van der Waals surface area contributed by atoms with Crippen LogP contribution in [0.2, 0.25) is 0 Å². The van der Waals surface area contributed by atoms with Gasteiger partial charge in [0.25, 0.3) is 0 Å². The lowest BCUT2D eigenvalue weighted by molar-refractivity contribution is 1.42. The second-order valence-corrected chi connectivity index (χ2v) is 3.06. The van der Waals surface area contributed by atoms with E-state index in [2.05, 4.69) is 4.98 Å². The summed E-state index contributed by atoms with van der Waals surface area (Å²) in [6.45, 7) is 0. The van der Waals surface area contributed by atoms with Crippen LogP contribution in [-0.4, -0.2) is 9.97 Å². The molecule has 0 aliphatic heterocycles. The van der Waals surface area contributed by atoms with Crippen molar-refractivity contribution >= 4 is 17.2 Å². The highest BCUT2D eigenvalue weighted by Gasteiger charge is 1.89. The van der Waals surface area contributed by atoms with Crippen molar-refractivity contribution in [1.29, 1.82) is 0 Å². The third kappa shape index (κ3) is 3.87. The van der Waals surface area contributed by atoms with Crippen LogP contribution in [0.15, 0.2) is 54.9 Å². The first-order chi connectivity index (χ1) is 6.80. The summed E-state index contributed by atoms with van der Waals surface area (Å²) in [6.07, 6.45) is 3.75. The number of hydrogen-bond acceptors (Lipinski definition) is 1. The van der Waals surface area contributed by atoms with Gasteiger partial charge in [-0.2, -0.15) is 0 Å². The summed E-state index contributed by atoms with van der Waals surface area (Å²) >= 11 is 4.74. The zero-order chi connectivity index (χ0) is 10.2. The number of nitrogens with one attached hydrogen (secondary N) is 1. The maximum absolute atomic E-state index is 5.35. The van der Waals surface area contributed by atoms with E-state index in [4.69, 9.17) is 18.0 Å². The van der Waals surface area contributed by atoms with E-state index in [1.54, 1.807) is 0 Å². The Morgan fingerprint density at radius 3 is 1.86 bits per heavy atom. The molecular formula is C11H12N2S. The second-order valence-electron chi connectivity index (χ2n) is 2.62. The normalized spacial score (nSPS) is 8.57. The minimum atomic E-state index is 0.454. The van der Waals surface area contributed by atoms with E-state index in [-0.39, 0.29) is 0 Å². The zero-order valence-electron chi connectivity index (χ0n) is 7.68. The number of thiocarbonyl (C=S) groups is 1. The van der Waals surface area contributed by atoms with E-state index < -0.39 is 0 Å². The molecule has 0 fully saturated rings. The number of hydrogen-bond donors (Lipinski definition) is 2. The number of aromatic nitrogens is 1. The minimum Gasteiger partial charge on any atom is -0.389 e. The zero-order valence-corrected chi connectivity index (χ0v) is 8.50. The maximum atomic E-state index is 5.35. The van der Waals surface area contributed by atoms with Crippen LogP contribution in [0.5, 0.6) is 0 Å². The number of H-pyrrole nitrogens is 1. The Morgan fingerprint density at radius 1 is 1.00 bits per heavy atom. The van der Waals surface area contributed by atoms with Gasteiger partial charge < -0.3 is 10.7 Å². The molecular weight excluding hydrogens is 192 g/mol. The quantitative estimate of drug-likeness (QED) is 0.700. The summed E-state index contributed by atoms with van der Waals surface area (Å²) in [5.74, 6) is 0. The van der Waals surface area contributed by atoms with Gasteiger partial charge in [-0.3, -0.25) is 0 Å². The van der Waals surface area contributed by atoms with Crippen molar-refractivity contribution in [3.05, 3.63) is 60.4 Å². The van der Waals surface area contributed by atoms with Gasteiger partial charge in [0.05, 0.1) is 0 Å². The smallest absolute Gasteiger partial charge is 0.103 e. The molecule has 1 heterocycles. The Hall–Kier alpha value is -1.61. The molecule has 0 amide bonds. The van der Waals surface area contributed by atoms with Crippen LogP contribution in [0.1, 0.15) is 5.56 Å². The van der Waals surface area contributed by atoms with E-state index >= 15 is 0 Å². The number of rotatable bonds is 1. The van der Waals surface area contributed by atoms with E-state index in [9.17, 15) is 0 Å². The van der Waals surface area contributed by atoms with Gasteiger partial charge in [-0.1, -0.05) is 42.5 Å². The van der Waals surface area contributed by atoms with Crippen molar-refractivity contribution < 1.29 is 0 Å². The van der Waals surface area contributed by atoms with Gasteiger partial charge in [0.15, 0.2) is 0 Å².